The summed E-state index contributed by atoms with van der Waals surface area (Å²) in [5.74, 6) is 0.440. The number of hydrogen-bond acceptors (Lipinski definition) is 3. The second kappa shape index (κ2) is 8.51. The predicted octanol–water partition coefficient (Wildman–Crippen LogP) is 4.94. The highest BCUT2D eigenvalue weighted by Crippen LogP contribution is 2.26. The number of ether oxygens (including phenoxy) is 1. The molecular formula is C21H19FN2O2S. The topological polar surface area (TPSA) is 44.7 Å². The Kier molecular flexibility index (Phi) is 5.88. The van der Waals surface area contributed by atoms with Crippen LogP contribution in [0.15, 0.2) is 72.8 Å². The highest BCUT2D eigenvalue weighted by molar-refractivity contribution is 7.80. The average molecular weight is 382 g/mol. The summed E-state index contributed by atoms with van der Waals surface area (Å²) in [5.41, 5.74) is 1.73. The summed E-state index contributed by atoms with van der Waals surface area (Å²) in [6.07, 6.45) is 0. The van der Waals surface area contributed by atoms with Gasteiger partial charge in [-0.2, -0.15) is 0 Å². The fourth-order valence-corrected chi connectivity index (χ4v) is 2.90. The minimum Gasteiger partial charge on any atom is -0.508 e. The van der Waals surface area contributed by atoms with Gasteiger partial charge in [-0.05, 0) is 42.5 Å². The van der Waals surface area contributed by atoms with E-state index in [1.807, 2.05) is 36.4 Å². The van der Waals surface area contributed by atoms with Gasteiger partial charge in [0.1, 0.15) is 17.3 Å². The number of rotatable bonds is 5. The van der Waals surface area contributed by atoms with Gasteiger partial charge in [-0.25, -0.2) is 4.39 Å². The zero-order chi connectivity index (χ0) is 19.2. The molecule has 0 radical (unpaired) electrons. The van der Waals surface area contributed by atoms with Gasteiger partial charge in [-0.15, -0.1) is 0 Å². The summed E-state index contributed by atoms with van der Waals surface area (Å²) in [6, 6.07) is 20.7. The standard InChI is InChI=1S/C21H19FN2O2S/c1-26-17-9-6-8-16(13-17)24(14-15-7-2-5-12-20(15)25)21(27)23-19-11-4-3-10-18(19)22/h2-13,25H,14H2,1H3,(H,23,27). The van der Waals surface area contributed by atoms with E-state index >= 15 is 0 Å². The van der Waals surface area contributed by atoms with Crippen LogP contribution in [0.2, 0.25) is 0 Å². The first-order chi connectivity index (χ1) is 13.1. The molecule has 0 saturated carbocycles. The number of thiocarbonyl (C=S) groups is 1. The lowest BCUT2D eigenvalue weighted by atomic mass is 10.1. The maximum absolute atomic E-state index is 14.0. The highest BCUT2D eigenvalue weighted by Gasteiger charge is 2.16. The molecule has 2 N–H and O–H groups in total. The zero-order valence-electron chi connectivity index (χ0n) is 14.7. The number of para-hydroxylation sites is 2. The number of phenols is 1. The molecule has 0 aliphatic carbocycles. The van der Waals surface area contributed by atoms with E-state index < -0.39 is 5.82 Å². The normalized spacial score (nSPS) is 10.3. The molecule has 3 aromatic carbocycles. The van der Waals surface area contributed by atoms with Crippen molar-refractivity contribution in [2.24, 2.45) is 0 Å². The molecule has 138 valence electrons. The lowest BCUT2D eigenvalue weighted by molar-refractivity contribution is 0.415. The van der Waals surface area contributed by atoms with Crippen molar-refractivity contribution >= 4 is 28.7 Å². The smallest absolute Gasteiger partial charge is 0.178 e. The minimum atomic E-state index is -0.395. The molecule has 0 spiro atoms. The fraction of sp³-hybridized carbons (Fsp3) is 0.0952. The average Bonchev–Trinajstić information content (AvgIpc) is 2.69. The maximum Gasteiger partial charge on any atom is 0.178 e. The summed E-state index contributed by atoms with van der Waals surface area (Å²) >= 11 is 5.55. The van der Waals surface area contributed by atoms with Crippen molar-refractivity contribution in [2.75, 3.05) is 17.3 Å². The summed E-state index contributed by atoms with van der Waals surface area (Å²) < 4.78 is 19.3. The number of hydrogen-bond donors (Lipinski definition) is 2. The van der Waals surface area contributed by atoms with Crippen molar-refractivity contribution in [3.05, 3.63) is 84.2 Å². The fourth-order valence-electron chi connectivity index (χ4n) is 2.62. The molecule has 0 atom stereocenters. The van der Waals surface area contributed by atoms with E-state index in [0.29, 0.717) is 23.0 Å². The van der Waals surface area contributed by atoms with Gasteiger partial charge in [-0.3, -0.25) is 0 Å². The molecule has 0 heterocycles. The van der Waals surface area contributed by atoms with E-state index in [4.69, 9.17) is 17.0 Å². The van der Waals surface area contributed by atoms with Crippen LogP contribution in [0, 0.1) is 5.82 Å². The number of methoxy groups -OCH3 is 1. The third-order valence-electron chi connectivity index (χ3n) is 4.05. The van der Waals surface area contributed by atoms with Crippen LogP contribution in [0.3, 0.4) is 0 Å². The Labute approximate surface area is 162 Å². The second-order valence-electron chi connectivity index (χ2n) is 5.83. The van der Waals surface area contributed by atoms with Gasteiger partial charge in [0.05, 0.1) is 19.3 Å². The summed E-state index contributed by atoms with van der Waals surface area (Å²) in [6.45, 7) is 0.306. The van der Waals surface area contributed by atoms with Crippen LogP contribution < -0.4 is 15.0 Å². The van der Waals surface area contributed by atoms with Gasteiger partial charge in [0.2, 0.25) is 0 Å². The van der Waals surface area contributed by atoms with Gasteiger partial charge in [0, 0.05) is 17.3 Å². The highest BCUT2D eigenvalue weighted by atomic mass is 32.1. The lowest BCUT2D eigenvalue weighted by Gasteiger charge is -2.27. The van der Waals surface area contributed by atoms with E-state index in [9.17, 15) is 9.50 Å². The summed E-state index contributed by atoms with van der Waals surface area (Å²) in [7, 11) is 1.59. The van der Waals surface area contributed by atoms with Crippen molar-refractivity contribution in [1.82, 2.24) is 0 Å². The van der Waals surface area contributed by atoms with E-state index in [2.05, 4.69) is 5.32 Å². The first-order valence-corrected chi connectivity index (χ1v) is 8.73. The number of anilines is 2. The van der Waals surface area contributed by atoms with Gasteiger partial charge >= 0.3 is 0 Å². The molecule has 27 heavy (non-hydrogen) atoms. The molecule has 0 aromatic heterocycles. The zero-order valence-corrected chi connectivity index (χ0v) is 15.5. The molecule has 0 unspecified atom stereocenters. The number of nitrogens with one attached hydrogen (secondary N) is 1. The van der Waals surface area contributed by atoms with Crippen LogP contribution in [-0.2, 0) is 6.54 Å². The van der Waals surface area contributed by atoms with Crippen molar-refractivity contribution in [3.63, 3.8) is 0 Å². The Hall–Kier alpha value is -3.12. The van der Waals surface area contributed by atoms with Gasteiger partial charge in [0.15, 0.2) is 5.11 Å². The van der Waals surface area contributed by atoms with Crippen LogP contribution in [0.25, 0.3) is 0 Å². The van der Waals surface area contributed by atoms with E-state index in [1.165, 1.54) is 6.07 Å². The SMILES string of the molecule is COc1cccc(N(Cc2ccccc2O)C(=S)Nc2ccccc2F)c1. The molecule has 4 nitrogen and oxygen atoms in total. The molecule has 6 heteroatoms. The third kappa shape index (κ3) is 4.54. The molecule has 0 bridgehead atoms. The van der Waals surface area contributed by atoms with E-state index in [0.717, 1.165) is 5.69 Å². The van der Waals surface area contributed by atoms with Gasteiger partial charge < -0.3 is 20.1 Å². The van der Waals surface area contributed by atoms with Crippen LogP contribution in [0.4, 0.5) is 15.8 Å². The Balaban J connectivity index is 1.94. The minimum absolute atomic E-state index is 0.166. The Bertz CT molecular complexity index is 949. The molecule has 0 saturated heterocycles. The first kappa shape index (κ1) is 18.7. The summed E-state index contributed by atoms with van der Waals surface area (Å²) in [5, 5.41) is 13.4. The van der Waals surface area contributed by atoms with Gasteiger partial charge in [0.25, 0.3) is 0 Å². The second-order valence-corrected chi connectivity index (χ2v) is 6.21. The molecule has 0 fully saturated rings. The first-order valence-electron chi connectivity index (χ1n) is 8.32. The quantitative estimate of drug-likeness (QED) is 0.612. The molecule has 0 aliphatic rings. The molecule has 0 aliphatic heterocycles. The molecule has 0 amide bonds. The Morgan fingerprint density at radius 2 is 1.81 bits per heavy atom. The monoisotopic (exact) mass is 382 g/mol. The van der Waals surface area contributed by atoms with Crippen molar-refractivity contribution < 1.29 is 14.2 Å². The predicted molar refractivity (Wildman–Crippen MR) is 110 cm³/mol. The molecule has 3 rings (SSSR count). The van der Waals surface area contributed by atoms with Crippen molar-refractivity contribution in [2.45, 2.75) is 6.54 Å². The number of halogens is 1. The van der Waals surface area contributed by atoms with Gasteiger partial charge in [-0.1, -0.05) is 36.4 Å². The largest absolute Gasteiger partial charge is 0.508 e. The van der Waals surface area contributed by atoms with Crippen LogP contribution in [0.5, 0.6) is 11.5 Å². The van der Waals surface area contributed by atoms with Crippen molar-refractivity contribution in [3.8, 4) is 11.5 Å². The van der Waals surface area contributed by atoms with Crippen LogP contribution in [0.1, 0.15) is 5.56 Å². The number of phenolic OH excluding ortho intramolecular Hbond substituents is 1. The molecular weight excluding hydrogens is 363 g/mol. The van der Waals surface area contributed by atoms with Crippen molar-refractivity contribution in [1.29, 1.82) is 0 Å². The number of nitrogens with zero attached hydrogens (tertiary/aromatic N) is 1. The van der Waals surface area contributed by atoms with E-state index in [1.54, 1.807) is 42.3 Å². The Morgan fingerprint density at radius 1 is 1.07 bits per heavy atom. The Morgan fingerprint density at radius 3 is 2.56 bits per heavy atom. The van der Waals surface area contributed by atoms with Crippen LogP contribution in [-0.4, -0.2) is 17.3 Å². The summed E-state index contributed by atoms with van der Waals surface area (Å²) in [4.78, 5) is 1.78. The third-order valence-corrected chi connectivity index (χ3v) is 4.37. The lowest BCUT2D eigenvalue weighted by Crippen LogP contribution is -2.34. The maximum atomic E-state index is 14.0. The van der Waals surface area contributed by atoms with Crippen LogP contribution >= 0.6 is 12.2 Å². The molecule has 3 aromatic rings. The number of benzene rings is 3. The number of aromatic hydroxyl groups is 1. The van der Waals surface area contributed by atoms with E-state index in [-0.39, 0.29) is 11.4 Å².